The number of alkyl carbamates (subject to hydrolysis) is 1. The molecule has 0 radical (unpaired) electrons. The van der Waals surface area contributed by atoms with Gasteiger partial charge in [-0.1, -0.05) is 30.3 Å². The van der Waals surface area contributed by atoms with Crippen molar-refractivity contribution in [2.24, 2.45) is 5.92 Å². The van der Waals surface area contributed by atoms with Gasteiger partial charge in [0.25, 0.3) is 0 Å². The van der Waals surface area contributed by atoms with Crippen molar-refractivity contribution in [2.45, 2.75) is 39.3 Å². The van der Waals surface area contributed by atoms with Crippen LogP contribution >= 0.6 is 0 Å². The van der Waals surface area contributed by atoms with Gasteiger partial charge in [-0.25, -0.2) is 4.79 Å². The highest BCUT2D eigenvalue weighted by atomic mass is 16.6. The van der Waals surface area contributed by atoms with Crippen LogP contribution in [-0.2, 0) is 9.53 Å². The topological polar surface area (TPSA) is 75.6 Å². The van der Waals surface area contributed by atoms with E-state index in [0.717, 1.165) is 5.56 Å². The Morgan fingerprint density at radius 1 is 1.20 bits per heavy atom. The van der Waals surface area contributed by atoms with Crippen LogP contribution < -0.4 is 5.32 Å². The first-order valence-corrected chi connectivity index (χ1v) is 6.48. The van der Waals surface area contributed by atoms with Crippen LogP contribution in [-0.4, -0.2) is 22.8 Å². The summed E-state index contributed by atoms with van der Waals surface area (Å²) in [6, 6.07) is 8.35. The molecule has 0 spiro atoms. The van der Waals surface area contributed by atoms with E-state index >= 15 is 0 Å². The van der Waals surface area contributed by atoms with E-state index in [4.69, 9.17) is 9.84 Å². The van der Waals surface area contributed by atoms with E-state index in [-0.39, 0.29) is 0 Å². The lowest BCUT2D eigenvalue weighted by Gasteiger charge is -2.26. The molecular formula is C15H21NO4. The van der Waals surface area contributed by atoms with Crippen molar-refractivity contribution in [1.29, 1.82) is 0 Å². The SMILES string of the molecule is C[C@H](C(=O)O)[C@@H](NC(=O)OC(C)(C)C)c1ccccc1. The number of carboxylic acids is 1. The van der Waals surface area contributed by atoms with Gasteiger partial charge in [-0.3, -0.25) is 4.79 Å². The third-order valence-electron chi connectivity index (χ3n) is 2.72. The number of carboxylic acid groups (broad SMARTS) is 1. The quantitative estimate of drug-likeness (QED) is 0.888. The Kier molecular flexibility index (Phi) is 5.13. The second-order valence-corrected chi connectivity index (χ2v) is 5.66. The minimum absolute atomic E-state index is 0.626. The summed E-state index contributed by atoms with van der Waals surface area (Å²) in [5, 5.41) is 11.8. The molecular weight excluding hydrogens is 258 g/mol. The minimum Gasteiger partial charge on any atom is -0.481 e. The van der Waals surface area contributed by atoms with Crippen molar-refractivity contribution in [2.75, 3.05) is 0 Å². The molecule has 5 nitrogen and oxygen atoms in total. The van der Waals surface area contributed by atoms with Gasteiger partial charge >= 0.3 is 12.1 Å². The summed E-state index contributed by atoms with van der Waals surface area (Å²) >= 11 is 0. The third kappa shape index (κ3) is 4.91. The summed E-state index contributed by atoms with van der Waals surface area (Å²) < 4.78 is 5.18. The number of aliphatic carboxylic acids is 1. The second kappa shape index (κ2) is 6.41. The Bertz CT molecular complexity index is 465. The van der Waals surface area contributed by atoms with Crippen LogP contribution in [0.1, 0.15) is 39.3 Å². The van der Waals surface area contributed by atoms with Gasteiger partial charge < -0.3 is 15.2 Å². The van der Waals surface area contributed by atoms with Gasteiger partial charge in [0.05, 0.1) is 12.0 Å². The van der Waals surface area contributed by atoms with Crippen LogP contribution in [0.2, 0.25) is 0 Å². The number of amides is 1. The van der Waals surface area contributed by atoms with Crippen LogP contribution in [0.4, 0.5) is 4.79 Å². The molecule has 0 aromatic heterocycles. The minimum atomic E-state index is -0.977. The Morgan fingerprint density at radius 2 is 1.75 bits per heavy atom. The number of hydrogen-bond acceptors (Lipinski definition) is 3. The molecule has 1 rings (SSSR count). The molecule has 0 saturated heterocycles. The summed E-state index contributed by atoms with van der Waals surface area (Å²) in [6.07, 6.45) is -0.626. The predicted octanol–water partition coefficient (Wildman–Crippen LogP) is 2.97. The molecule has 1 aromatic carbocycles. The van der Waals surface area contributed by atoms with Crippen molar-refractivity contribution in [1.82, 2.24) is 5.32 Å². The molecule has 2 N–H and O–H groups in total. The Balaban J connectivity index is 2.90. The molecule has 0 unspecified atom stereocenters. The Labute approximate surface area is 118 Å². The molecule has 5 heteroatoms. The fraction of sp³-hybridized carbons (Fsp3) is 0.467. The standard InChI is InChI=1S/C15H21NO4/c1-10(13(17)18)12(11-8-6-5-7-9-11)16-14(19)20-15(2,3)4/h5-10,12H,1-4H3,(H,16,19)(H,17,18)/t10-,12+/m0/s1. The van der Waals surface area contributed by atoms with Gasteiger partial charge in [0, 0.05) is 0 Å². The lowest BCUT2D eigenvalue weighted by molar-refractivity contribution is -0.142. The van der Waals surface area contributed by atoms with Crippen LogP contribution in [0.25, 0.3) is 0 Å². The fourth-order valence-electron chi connectivity index (χ4n) is 1.73. The van der Waals surface area contributed by atoms with Crippen LogP contribution in [0.5, 0.6) is 0 Å². The number of carbonyl (C=O) groups excluding carboxylic acids is 1. The van der Waals surface area contributed by atoms with Crippen LogP contribution in [0.15, 0.2) is 30.3 Å². The molecule has 2 atom stereocenters. The first-order valence-electron chi connectivity index (χ1n) is 6.48. The maximum Gasteiger partial charge on any atom is 0.408 e. The van der Waals surface area contributed by atoms with E-state index in [1.54, 1.807) is 52.0 Å². The van der Waals surface area contributed by atoms with Crippen molar-refractivity contribution in [3.63, 3.8) is 0 Å². The van der Waals surface area contributed by atoms with Gasteiger partial charge in [-0.05, 0) is 33.3 Å². The second-order valence-electron chi connectivity index (χ2n) is 5.66. The zero-order valence-electron chi connectivity index (χ0n) is 12.2. The molecule has 0 bridgehead atoms. The zero-order chi connectivity index (χ0) is 15.3. The van der Waals surface area contributed by atoms with Gasteiger partial charge in [0.15, 0.2) is 0 Å². The van der Waals surface area contributed by atoms with E-state index in [0.29, 0.717) is 0 Å². The molecule has 0 aliphatic heterocycles. The van der Waals surface area contributed by atoms with Gasteiger partial charge in [-0.15, -0.1) is 0 Å². The number of ether oxygens (including phenoxy) is 1. The van der Waals surface area contributed by atoms with E-state index in [1.807, 2.05) is 6.07 Å². The third-order valence-corrected chi connectivity index (χ3v) is 2.72. The summed E-state index contributed by atoms with van der Waals surface area (Å²) in [5.74, 6) is -1.74. The highest BCUT2D eigenvalue weighted by molar-refractivity contribution is 5.74. The molecule has 1 aromatic rings. The molecule has 0 aliphatic carbocycles. The molecule has 0 heterocycles. The summed E-state index contributed by atoms with van der Waals surface area (Å²) in [6.45, 7) is 6.82. The molecule has 0 fully saturated rings. The largest absolute Gasteiger partial charge is 0.481 e. The average Bonchev–Trinajstić information content (AvgIpc) is 2.34. The van der Waals surface area contributed by atoms with E-state index in [2.05, 4.69) is 5.32 Å². The Hall–Kier alpha value is -2.04. The van der Waals surface area contributed by atoms with E-state index < -0.39 is 29.6 Å². The van der Waals surface area contributed by atoms with E-state index in [1.165, 1.54) is 0 Å². The number of hydrogen-bond donors (Lipinski definition) is 2. The lowest BCUT2D eigenvalue weighted by atomic mass is 9.95. The highest BCUT2D eigenvalue weighted by Gasteiger charge is 2.28. The molecule has 1 amide bonds. The average molecular weight is 279 g/mol. The summed E-state index contributed by atoms with van der Waals surface area (Å²) in [7, 11) is 0. The molecule has 110 valence electrons. The number of benzene rings is 1. The zero-order valence-corrected chi connectivity index (χ0v) is 12.2. The van der Waals surface area contributed by atoms with Crippen molar-refractivity contribution < 1.29 is 19.4 Å². The van der Waals surface area contributed by atoms with Crippen LogP contribution in [0.3, 0.4) is 0 Å². The maximum atomic E-state index is 11.8. The normalized spacial score (nSPS) is 14.2. The van der Waals surface area contributed by atoms with Gasteiger partial charge in [0.2, 0.25) is 0 Å². The fourth-order valence-corrected chi connectivity index (χ4v) is 1.73. The van der Waals surface area contributed by atoms with Crippen molar-refractivity contribution in [3.8, 4) is 0 Å². The number of carbonyl (C=O) groups is 2. The highest BCUT2D eigenvalue weighted by Crippen LogP contribution is 2.22. The molecule has 0 aliphatic rings. The van der Waals surface area contributed by atoms with Crippen molar-refractivity contribution in [3.05, 3.63) is 35.9 Å². The predicted molar refractivity (Wildman–Crippen MR) is 75.4 cm³/mol. The Morgan fingerprint density at radius 3 is 2.20 bits per heavy atom. The van der Waals surface area contributed by atoms with Gasteiger partial charge in [0.1, 0.15) is 5.60 Å². The first kappa shape index (κ1) is 16.0. The smallest absolute Gasteiger partial charge is 0.408 e. The van der Waals surface area contributed by atoms with Crippen molar-refractivity contribution >= 4 is 12.1 Å². The molecule has 0 saturated carbocycles. The number of rotatable bonds is 4. The number of nitrogens with one attached hydrogen (secondary N) is 1. The maximum absolute atomic E-state index is 11.8. The van der Waals surface area contributed by atoms with Crippen LogP contribution in [0, 0.1) is 5.92 Å². The summed E-state index contributed by atoms with van der Waals surface area (Å²) in [4.78, 5) is 23.0. The van der Waals surface area contributed by atoms with Gasteiger partial charge in [-0.2, -0.15) is 0 Å². The van der Waals surface area contributed by atoms with E-state index in [9.17, 15) is 9.59 Å². The summed E-state index contributed by atoms with van der Waals surface area (Å²) in [5.41, 5.74) is 0.103. The monoisotopic (exact) mass is 279 g/mol. The molecule has 20 heavy (non-hydrogen) atoms. The first-order chi connectivity index (χ1) is 9.20. The lowest BCUT2D eigenvalue weighted by Crippen LogP contribution is -2.39.